The quantitative estimate of drug-likeness (QED) is 0.777. The first-order valence-corrected chi connectivity index (χ1v) is 5.38. The fraction of sp³-hybridized carbons (Fsp3) is 0.455. The molecule has 0 atom stereocenters. The van der Waals surface area contributed by atoms with E-state index in [0.717, 1.165) is 17.6 Å². The van der Waals surface area contributed by atoms with E-state index in [1.54, 1.807) is 0 Å². The summed E-state index contributed by atoms with van der Waals surface area (Å²) in [5.41, 5.74) is 6.70. The SMILES string of the molecule is CCCCCn1ccc2c(N)ncnc21. The summed E-state index contributed by atoms with van der Waals surface area (Å²) in [6, 6.07) is 1.98. The first-order valence-electron chi connectivity index (χ1n) is 5.38. The van der Waals surface area contributed by atoms with Crippen molar-refractivity contribution in [3.63, 3.8) is 0 Å². The van der Waals surface area contributed by atoms with E-state index in [-0.39, 0.29) is 0 Å². The summed E-state index contributed by atoms with van der Waals surface area (Å²) in [7, 11) is 0. The van der Waals surface area contributed by atoms with Crippen LogP contribution < -0.4 is 5.73 Å². The topological polar surface area (TPSA) is 56.7 Å². The molecule has 15 heavy (non-hydrogen) atoms. The minimum absolute atomic E-state index is 0.564. The van der Waals surface area contributed by atoms with Crippen molar-refractivity contribution in [2.45, 2.75) is 32.7 Å². The Kier molecular flexibility index (Phi) is 2.85. The number of nitrogens with two attached hydrogens (primary N) is 1. The Morgan fingerprint density at radius 2 is 2.20 bits per heavy atom. The molecule has 0 aliphatic carbocycles. The van der Waals surface area contributed by atoms with Gasteiger partial charge < -0.3 is 10.3 Å². The molecule has 80 valence electrons. The Balaban J connectivity index is 2.25. The largest absolute Gasteiger partial charge is 0.383 e. The molecule has 0 unspecified atom stereocenters. The number of hydrogen-bond acceptors (Lipinski definition) is 3. The third kappa shape index (κ3) is 1.93. The molecular weight excluding hydrogens is 188 g/mol. The summed E-state index contributed by atoms with van der Waals surface area (Å²) in [5.74, 6) is 0.564. The summed E-state index contributed by atoms with van der Waals surface area (Å²) >= 11 is 0. The molecule has 0 fully saturated rings. The van der Waals surface area contributed by atoms with E-state index in [0.29, 0.717) is 5.82 Å². The molecule has 0 bridgehead atoms. The molecule has 2 N–H and O–H groups in total. The second kappa shape index (κ2) is 4.29. The van der Waals surface area contributed by atoms with Crippen LogP contribution in [0.4, 0.5) is 5.82 Å². The van der Waals surface area contributed by atoms with Gasteiger partial charge in [0.15, 0.2) is 0 Å². The summed E-state index contributed by atoms with van der Waals surface area (Å²) < 4.78 is 2.14. The molecule has 0 saturated heterocycles. The number of fused-ring (bicyclic) bond motifs is 1. The summed E-state index contributed by atoms with van der Waals surface area (Å²) in [5, 5.41) is 0.953. The van der Waals surface area contributed by atoms with Crippen LogP contribution in [0.25, 0.3) is 11.0 Å². The third-order valence-corrected chi connectivity index (χ3v) is 2.59. The van der Waals surface area contributed by atoms with Crippen LogP contribution in [0.15, 0.2) is 18.6 Å². The number of anilines is 1. The second-order valence-corrected chi connectivity index (χ2v) is 3.71. The maximum absolute atomic E-state index is 5.76. The molecule has 0 amide bonds. The normalized spacial score (nSPS) is 11.0. The number of nitrogens with zero attached hydrogens (tertiary/aromatic N) is 3. The number of hydrogen-bond donors (Lipinski definition) is 1. The highest BCUT2D eigenvalue weighted by molar-refractivity contribution is 5.85. The molecule has 0 aromatic carbocycles. The van der Waals surface area contributed by atoms with Crippen molar-refractivity contribution in [1.82, 2.24) is 14.5 Å². The van der Waals surface area contributed by atoms with E-state index in [1.807, 2.05) is 12.3 Å². The van der Waals surface area contributed by atoms with Crippen LogP contribution in [0.2, 0.25) is 0 Å². The van der Waals surface area contributed by atoms with Crippen LogP contribution >= 0.6 is 0 Å². The van der Waals surface area contributed by atoms with Gasteiger partial charge in [-0.05, 0) is 12.5 Å². The zero-order chi connectivity index (χ0) is 10.7. The monoisotopic (exact) mass is 204 g/mol. The summed E-state index contributed by atoms with van der Waals surface area (Å²) in [6.07, 6.45) is 7.22. The Hall–Kier alpha value is -1.58. The van der Waals surface area contributed by atoms with Gasteiger partial charge in [-0.1, -0.05) is 19.8 Å². The van der Waals surface area contributed by atoms with Gasteiger partial charge >= 0.3 is 0 Å². The lowest BCUT2D eigenvalue weighted by Crippen LogP contribution is -1.99. The maximum atomic E-state index is 5.76. The van der Waals surface area contributed by atoms with Gasteiger partial charge in [0, 0.05) is 12.7 Å². The molecule has 0 spiro atoms. The van der Waals surface area contributed by atoms with Crippen LogP contribution in [-0.4, -0.2) is 14.5 Å². The zero-order valence-corrected chi connectivity index (χ0v) is 8.98. The highest BCUT2D eigenvalue weighted by Crippen LogP contribution is 2.17. The highest BCUT2D eigenvalue weighted by Gasteiger charge is 2.04. The Morgan fingerprint density at radius 1 is 1.33 bits per heavy atom. The van der Waals surface area contributed by atoms with Gasteiger partial charge in [-0.25, -0.2) is 9.97 Å². The summed E-state index contributed by atoms with van der Waals surface area (Å²) in [4.78, 5) is 8.22. The first kappa shape index (κ1) is 9.96. The van der Waals surface area contributed by atoms with Crippen molar-refractivity contribution in [3.8, 4) is 0 Å². The molecule has 2 rings (SSSR count). The van der Waals surface area contributed by atoms with Crippen molar-refractivity contribution < 1.29 is 0 Å². The standard InChI is InChI=1S/C11H16N4/c1-2-3-4-6-15-7-5-9-10(12)13-8-14-11(9)15/h5,7-8H,2-4,6H2,1H3,(H2,12,13,14). The zero-order valence-electron chi connectivity index (χ0n) is 8.98. The maximum Gasteiger partial charge on any atom is 0.145 e. The molecule has 2 aromatic rings. The van der Waals surface area contributed by atoms with Crippen LogP contribution in [-0.2, 0) is 6.54 Å². The van der Waals surface area contributed by atoms with E-state index < -0.39 is 0 Å². The van der Waals surface area contributed by atoms with Gasteiger partial charge in [0.05, 0.1) is 5.39 Å². The van der Waals surface area contributed by atoms with Crippen molar-refractivity contribution in [2.75, 3.05) is 5.73 Å². The lowest BCUT2D eigenvalue weighted by Gasteiger charge is -2.03. The molecule has 0 aliphatic rings. The van der Waals surface area contributed by atoms with Crippen molar-refractivity contribution in [2.24, 2.45) is 0 Å². The Bertz CT molecular complexity index is 447. The van der Waals surface area contributed by atoms with Gasteiger partial charge in [0.1, 0.15) is 17.8 Å². The number of aryl methyl sites for hydroxylation is 1. The van der Waals surface area contributed by atoms with Gasteiger partial charge in [0.2, 0.25) is 0 Å². The van der Waals surface area contributed by atoms with Crippen LogP contribution in [0.3, 0.4) is 0 Å². The number of rotatable bonds is 4. The van der Waals surface area contributed by atoms with Gasteiger partial charge in [-0.15, -0.1) is 0 Å². The molecular formula is C11H16N4. The van der Waals surface area contributed by atoms with E-state index in [4.69, 9.17) is 5.73 Å². The van der Waals surface area contributed by atoms with Crippen molar-refractivity contribution in [3.05, 3.63) is 18.6 Å². The fourth-order valence-corrected chi connectivity index (χ4v) is 1.74. The molecule has 4 heteroatoms. The molecule has 2 heterocycles. The third-order valence-electron chi connectivity index (χ3n) is 2.59. The molecule has 4 nitrogen and oxygen atoms in total. The fourth-order valence-electron chi connectivity index (χ4n) is 1.74. The first-order chi connectivity index (χ1) is 7.33. The minimum Gasteiger partial charge on any atom is -0.383 e. The molecule has 0 aliphatic heterocycles. The molecule has 0 radical (unpaired) electrons. The van der Waals surface area contributed by atoms with E-state index in [9.17, 15) is 0 Å². The summed E-state index contributed by atoms with van der Waals surface area (Å²) in [6.45, 7) is 3.21. The van der Waals surface area contributed by atoms with Gasteiger partial charge in [-0.2, -0.15) is 0 Å². The lowest BCUT2D eigenvalue weighted by atomic mass is 10.2. The van der Waals surface area contributed by atoms with Crippen LogP contribution in [0.1, 0.15) is 26.2 Å². The smallest absolute Gasteiger partial charge is 0.145 e. The lowest BCUT2D eigenvalue weighted by molar-refractivity contribution is 0.613. The molecule has 0 saturated carbocycles. The van der Waals surface area contributed by atoms with Crippen molar-refractivity contribution >= 4 is 16.9 Å². The average Bonchev–Trinajstić information content (AvgIpc) is 2.64. The van der Waals surface area contributed by atoms with Gasteiger partial charge in [0.25, 0.3) is 0 Å². The van der Waals surface area contributed by atoms with Crippen LogP contribution in [0, 0.1) is 0 Å². The van der Waals surface area contributed by atoms with E-state index >= 15 is 0 Å². The minimum atomic E-state index is 0.564. The van der Waals surface area contributed by atoms with E-state index in [2.05, 4.69) is 21.5 Å². The number of nitrogen functional groups attached to an aromatic ring is 1. The molecule has 2 aromatic heterocycles. The van der Waals surface area contributed by atoms with Gasteiger partial charge in [-0.3, -0.25) is 0 Å². The highest BCUT2D eigenvalue weighted by atomic mass is 15.1. The van der Waals surface area contributed by atoms with Crippen LogP contribution in [0.5, 0.6) is 0 Å². The van der Waals surface area contributed by atoms with E-state index in [1.165, 1.54) is 25.6 Å². The number of aromatic nitrogens is 3. The second-order valence-electron chi connectivity index (χ2n) is 3.71. The van der Waals surface area contributed by atoms with Crippen molar-refractivity contribution in [1.29, 1.82) is 0 Å². The predicted octanol–water partition coefficient (Wildman–Crippen LogP) is 2.20. The Morgan fingerprint density at radius 3 is 3.00 bits per heavy atom. The predicted molar refractivity (Wildman–Crippen MR) is 61.5 cm³/mol. The Labute approximate surface area is 89.1 Å². The number of unbranched alkanes of at least 4 members (excludes halogenated alkanes) is 2. The average molecular weight is 204 g/mol.